The molecule has 1 unspecified atom stereocenters. The van der Waals surface area contributed by atoms with Gasteiger partial charge in [0.1, 0.15) is 5.82 Å². The Labute approximate surface area is 192 Å². The molecular weight excluding hydrogens is 421 g/mol. The number of halogens is 1. The van der Waals surface area contributed by atoms with E-state index in [1.807, 2.05) is 0 Å². The number of benzene rings is 1. The fourth-order valence-corrected chi connectivity index (χ4v) is 4.58. The minimum Gasteiger partial charge on any atom is -0.375 e. The Morgan fingerprint density at radius 3 is 2.58 bits per heavy atom. The molecule has 0 spiro atoms. The quantitative estimate of drug-likeness (QED) is 0.553. The summed E-state index contributed by atoms with van der Waals surface area (Å²) in [7, 11) is 3.39. The Morgan fingerprint density at radius 1 is 1.18 bits per heavy atom. The maximum Gasteiger partial charge on any atom is 0.270 e. The second-order valence-electron chi connectivity index (χ2n) is 8.66. The Bertz CT molecular complexity index is 1250. The molecule has 172 valence electrons. The third-order valence-electron chi connectivity index (χ3n) is 6.52. The van der Waals surface area contributed by atoms with E-state index in [1.165, 1.54) is 12.1 Å². The summed E-state index contributed by atoms with van der Waals surface area (Å²) in [6.45, 7) is 13.8. The highest BCUT2D eigenvalue weighted by molar-refractivity contribution is 5.89. The van der Waals surface area contributed by atoms with Crippen molar-refractivity contribution in [1.29, 1.82) is 0 Å². The molecule has 0 aliphatic carbocycles. The van der Waals surface area contributed by atoms with Crippen molar-refractivity contribution in [2.24, 2.45) is 7.05 Å². The number of fused-ring (bicyclic) bond motifs is 1. The van der Waals surface area contributed by atoms with Crippen molar-refractivity contribution >= 4 is 22.5 Å². The predicted octanol–water partition coefficient (Wildman–Crippen LogP) is 3.91. The van der Waals surface area contributed by atoms with Crippen LogP contribution in [0.5, 0.6) is 0 Å². The maximum atomic E-state index is 13.3. The van der Waals surface area contributed by atoms with E-state index in [1.54, 1.807) is 49.1 Å². The first-order chi connectivity index (χ1) is 15.8. The lowest BCUT2D eigenvalue weighted by Crippen LogP contribution is -2.57. The summed E-state index contributed by atoms with van der Waals surface area (Å²) in [6.07, 6.45) is -0.167. The molecule has 1 saturated heterocycles. The Balaban J connectivity index is 1.61. The van der Waals surface area contributed by atoms with Gasteiger partial charge in [-0.3, -0.25) is 9.69 Å². The molecule has 7 nitrogen and oxygen atoms in total. The van der Waals surface area contributed by atoms with Crippen LogP contribution in [0.4, 0.5) is 15.9 Å². The number of methoxy groups -OCH3 is 1. The molecule has 1 aliphatic rings. The number of hydrogen-bond acceptors (Lipinski definition) is 5. The number of rotatable bonds is 5. The summed E-state index contributed by atoms with van der Waals surface area (Å²) >= 11 is 0. The third-order valence-corrected chi connectivity index (χ3v) is 6.52. The highest BCUT2D eigenvalue weighted by Crippen LogP contribution is 2.31. The molecule has 0 amide bonds. The number of aryl methyl sites for hydroxylation is 1. The standard InChI is InChI=1S/C25H28FN5O2/c1-16-14-31(21-12-24(32)29(4)20-10-11-23(27-3)28-25(20)21)17(2)13-30(16)15-22(33-5)18-6-8-19(26)9-7-18/h6-12,16-17,22H,13-15H2,1-2,4-5H3/t16-,17+,22?/m1/s1. The summed E-state index contributed by atoms with van der Waals surface area (Å²) < 4.78 is 20.6. The second-order valence-corrected chi connectivity index (χ2v) is 8.66. The minimum atomic E-state index is -0.263. The number of nitrogens with zero attached hydrogens (tertiary/aromatic N) is 5. The van der Waals surface area contributed by atoms with E-state index in [9.17, 15) is 9.18 Å². The number of anilines is 1. The van der Waals surface area contributed by atoms with Crippen molar-refractivity contribution in [3.63, 3.8) is 0 Å². The number of ether oxygens (including phenoxy) is 1. The van der Waals surface area contributed by atoms with E-state index in [0.717, 1.165) is 17.8 Å². The summed E-state index contributed by atoms with van der Waals surface area (Å²) in [5.74, 6) is 0.0457. The molecule has 0 radical (unpaired) electrons. The van der Waals surface area contributed by atoms with E-state index in [-0.39, 0.29) is 29.6 Å². The second kappa shape index (κ2) is 9.30. The zero-order valence-corrected chi connectivity index (χ0v) is 19.3. The molecule has 33 heavy (non-hydrogen) atoms. The van der Waals surface area contributed by atoms with Crippen LogP contribution in [0, 0.1) is 12.4 Å². The number of hydrogen-bond donors (Lipinski definition) is 0. The van der Waals surface area contributed by atoms with Crippen LogP contribution in [0.25, 0.3) is 15.9 Å². The van der Waals surface area contributed by atoms with Crippen LogP contribution in [0.2, 0.25) is 0 Å². The molecule has 3 aromatic rings. The first kappa shape index (κ1) is 22.9. The van der Waals surface area contributed by atoms with Crippen molar-refractivity contribution in [2.75, 3.05) is 31.6 Å². The molecule has 8 heteroatoms. The summed E-state index contributed by atoms with van der Waals surface area (Å²) in [5, 5.41) is 0. The maximum absolute atomic E-state index is 13.3. The third kappa shape index (κ3) is 4.47. The number of piperazine rings is 1. The van der Waals surface area contributed by atoms with Gasteiger partial charge in [0.25, 0.3) is 11.4 Å². The van der Waals surface area contributed by atoms with Gasteiger partial charge in [0.05, 0.1) is 17.3 Å². The first-order valence-electron chi connectivity index (χ1n) is 11.0. The summed E-state index contributed by atoms with van der Waals surface area (Å²) in [6, 6.07) is 11.8. The largest absolute Gasteiger partial charge is 0.375 e. The molecule has 4 rings (SSSR count). The first-order valence-corrected chi connectivity index (χ1v) is 11.0. The highest BCUT2D eigenvalue weighted by Gasteiger charge is 2.33. The van der Waals surface area contributed by atoms with E-state index < -0.39 is 0 Å². The van der Waals surface area contributed by atoms with Crippen molar-refractivity contribution < 1.29 is 9.13 Å². The van der Waals surface area contributed by atoms with Gasteiger partial charge in [-0.2, -0.15) is 0 Å². The molecule has 2 aromatic heterocycles. The van der Waals surface area contributed by atoms with Gasteiger partial charge in [-0.25, -0.2) is 4.39 Å². The zero-order chi connectivity index (χ0) is 23.7. The zero-order valence-electron chi connectivity index (χ0n) is 19.3. The molecule has 0 saturated carbocycles. The van der Waals surface area contributed by atoms with Gasteiger partial charge in [0.15, 0.2) is 0 Å². The smallest absolute Gasteiger partial charge is 0.270 e. The lowest BCUT2D eigenvalue weighted by atomic mass is 10.0. The van der Waals surface area contributed by atoms with E-state index in [0.29, 0.717) is 29.9 Å². The van der Waals surface area contributed by atoms with Crippen molar-refractivity contribution in [3.05, 3.63) is 75.6 Å². The van der Waals surface area contributed by atoms with Gasteiger partial charge in [-0.05, 0) is 43.7 Å². The van der Waals surface area contributed by atoms with Crippen LogP contribution < -0.4 is 10.5 Å². The van der Waals surface area contributed by atoms with Crippen LogP contribution in [-0.4, -0.2) is 53.3 Å². The van der Waals surface area contributed by atoms with Gasteiger partial charge in [0, 0.05) is 51.9 Å². The van der Waals surface area contributed by atoms with Crippen molar-refractivity contribution in [2.45, 2.75) is 32.0 Å². The molecule has 1 aliphatic heterocycles. The topological polar surface area (TPSA) is 55.0 Å². The predicted molar refractivity (Wildman–Crippen MR) is 127 cm³/mol. The normalized spacial score (nSPS) is 20.1. The molecule has 3 atom stereocenters. The van der Waals surface area contributed by atoms with E-state index >= 15 is 0 Å². The number of aromatic nitrogens is 2. The van der Waals surface area contributed by atoms with E-state index in [2.05, 4.69) is 33.5 Å². The lowest BCUT2D eigenvalue weighted by Gasteiger charge is -2.46. The molecule has 0 bridgehead atoms. The Morgan fingerprint density at radius 2 is 1.91 bits per heavy atom. The average molecular weight is 450 g/mol. The fourth-order valence-electron chi connectivity index (χ4n) is 4.58. The Kier molecular flexibility index (Phi) is 6.45. The highest BCUT2D eigenvalue weighted by atomic mass is 19.1. The summed E-state index contributed by atoms with van der Waals surface area (Å²) in [5.41, 5.74) is 2.98. The molecule has 0 N–H and O–H groups in total. The van der Waals surface area contributed by atoms with Gasteiger partial charge >= 0.3 is 0 Å². The van der Waals surface area contributed by atoms with Crippen molar-refractivity contribution in [3.8, 4) is 0 Å². The van der Waals surface area contributed by atoms with Crippen LogP contribution in [0.3, 0.4) is 0 Å². The average Bonchev–Trinajstić information content (AvgIpc) is 2.82. The molecule has 3 heterocycles. The van der Waals surface area contributed by atoms with Gasteiger partial charge in [-0.15, -0.1) is 4.98 Å². The van der Waals surface area contributed by atoms with Crippen LogP contribution >= 0.6 is 0 Å². The van der Waals surface area contributed by atoms with Gasteiger partial charge < -0.3 is 19.0 Å². The van der Waals surface area contributed by atoms with Crippen LogP contribution in [0.15, 0.2) is 47.3 Å². The molecule has 1 fully saturated rings. The number of pyridine rings is 2. The summed E-state index contributed by atoms with van der Waals surface area (Å²) in [4.78, 5) is 25.2. The lowest BCUT2D eigenvalue weighted by molar-refractivity contribution is 0.0412. The van der Waals surface area contributed by atoms with E-state index in [4.69, 9.17) is 11.3 Å². The van der Waals surface area contributed by atoms with Crippen LogP contribution in [-0.2, 0) is 11.8 Å². The van der Waals surface area contributed by atoms with Gasteiger partial charge in [0.2, 0.25) is 5.52 Å². The fraction of sp³-hybridized carbons (Fsp3) is 0.400. The van der Waals surface area contributed by atoms with Gasteiger partial charge in [-0.1, -0.05) is 18.7 Å². The molecule has 1 aromatic carbocycles. The molecular formula is C25H28FN5O2. The van der Waals surface area contributed by atoms with Crippen molar-refractivity contribution in [1.82, 2.24) is 14.5 Å². The SMILES string of the molecule is [C-]#[N+]c1ccc2c(n1)c(N1C[C@@H](C)N(CC(OC)c3ccc(F)cc3)C[C@@H]1C)cc(=O)n2C. The monoisotopic (exact) mass is 449 g/mol. The Hall–Kier alpha value is -3.28. The minimum absolute atomic E-state index is 0.104. The van der Waals surface area contributed by atoms with Crippen LogP contribution in [0.1, 0.15) is 25.5 Å².